The molecule has 1 heterocycles. The second-order valence-electron chi connectivity index (χ2n) is 8.55. The van der Waals surface area contributed by atoms with Gasteiger partial charge in [-0.2, -0.15) is 9.78 Å². The Labute approximate surface area is 236 Å². The number of hydrogen-bond acceptors (Lipinski definition) is 6. The van der Waals surface area contributed by atoms with Crippen LogP contribution in [0.1, 0.15) is 5.56 Å². The van der Waals surface area contributed by atoms with Crippen LogP contribution < -0.4 is 20.3 Å². The first kappa shape index (κ1) is 26.8. The summed E-state index contributed by atoms with van der Waals surface area (Å²) < 4.78 is 26.1. The molecule has 40 heavy (non-hydrogen) atoms. The highest BCUT2D eigenvalue weighted by molar-refractivity contribution is 9.10. The number of amides is 1. The molecule has 0 fully saturated rings. The predicted molar refractivity (Wildman–Crippen MR) is 156 cm³/mol. The number of benzene rings is 4. The number of carbonyl (C=O) groups is 1. The van der Waals surface area contributed by atoms with Crippen LogP contribution in [0.4, 0.5) is 10.1 Å². The average Bonchev–Trinajstić information content (AvgIpc) is 2.98. The molecule has 0 aliphatic rings. The van der Waals surface area contributed by atoms with Crippen molar-refractivity contribution in [3.05, 3.63) is 117 Å². The molecule has 0 saturated heterocycles. The van der Waals surface area contributed by atoms with Gasteiger partial charge in [0.15, 0.2) is 23.9 Å². The van der Waals surface area contributed by atoms with E-state index in [0.29, 0.717) is 43.9 Å². The summed E-state index contributed by atoms with van der Waals surface area (Å²) in [6.45, 7) is -0.299. The van der Waals surface area contributed by atoms with Crippen LogP contribution in [-0.2, 0) is 4.79 Å². The first-order chi connectivity index (χ1) is 19.4. The molecule has 1 amide bonds. The van der Waals surface area contributed by atoms with E-state index >= 15 is 0 Å². The van der Waals surface area contributed by atoms with E-state index in [1.165, 1.54) is 42.3 Å². The number of rotatable bonds is 8. The zero-order valence-electron chi connectivity index (χ0n) is 21.2. The van der Waals surface area contributed by atoms with E-state index in [2.05, 4.69) is 26.3 Å². The van der Waals surface area contributed by atoms with Gasteiger partial charge in [0.05, 0.1) is 24.2 Å². The summed E-state index contributed by atoms with van der Waals surface area (Å²) in [5.41, 5.74) is 2.05. The Morgan fingerprint density at radius 2 is 1.75 bits per heavy atom. The molecule has 0 aliphatic heterocycles. The normalized spacial score (nSPS) is 11.1. The lowest BCUT2D eigenvalue weighted by Gasteiger charge is -2.13. The second-order valence-corrected chi connectivity index (χ2v) is 9.40. The van der Waals surface area contributed by atoms with Crippen LogP contribution in [0.2, 0.25) is 0 Å². The number of ether oxygens (including phenoxy) is 2. The molecule has 0 radical (unpaired) electrons. The molecule has 0 unspecified atom stereocenters. The van der Waals surface area contributed by atoms with Crippen LogP contribution in [0.25, 0.3) is 22.3 Å². The summed E-state index contributed by atoms with van der Waals surface area (Å²) in [4.78, 5) is 30.4. The quantitative estimate of drug-likeness (QED) is 0.225. The third kappa shape index (κ3) is 5.92. The molecule has 4 aromatic carbocycles. The Bertz CT molecular complexity index is 1770. The van der Waals surface area contributed by atoms with Gasteiger partial charge in [-0.25, -0.2) is 9.37 Å². The molecule has 200 valence electrons. The fraction of sp³-hybridized carbons (Fsp3) is 0.0667. The van der Waals surface area contributed by atoms with Crippen LogP contribution in [0.15, 0.2) is 105 Å². The fourth-order valence-electron chi connectivity index (χ4n) is 3.92. The Morgan fingerprint density at radius 3 is 2.50 bits per heavy atom. The molecule has 0 aliphatic carbocycles. The molecule has 8 nitrogen and oxygen atoms in total. The van der Waals surface area contributed by atoms with E-state index in [1.54, 1.807) is 30.3 Å². The number of carbonyl (C=O) groups excluding carboxylic acids is 1. The molecule has 0 atom stereocenters. The van der Waals surface area contributed by atoms with Crippen molar-refractivity contribution in [1.82, 2.24) is 9.66 Å². The van der Waals surface area contributed by atoms with Crippen LogP contribution in [0, 0.1) is 5.82 Å². The fourth-order valence-corrected chi connectivity index (χ4v) is 4.35. The highest BCUT2D eigenvalue weighted by atomic mass is 79.9. The lowest BCUT2D eigenvalue weighted by Crippen LogP contribution is -2.20. The van der Waals surface area contributed by atoms with E-state index in [9.17, 15) is 14.0 Å². The van der Waals surface area contributed by atoms with Crippen molar-refractivity contribution in [3.63, 3.8) is 0 Å². The van der Waals surface area contributed by atoms with Crippen molar-refractivity contribution < 1.29 is 18.7 Å². The van der Waals surface area contributed by atoms with Gasteiger partial charge in [0, 0.05) is 21.3 Å². The number of aromatic nitrogens is 2. The van der Waals surface area contributed by atoms with Gasteiger partial charge in [-0.3, -0.25) is 9.59 Å². The molecule has 1 N–H and O–H groups in total. The van der Waals surface area contributed by atoms with Gasteiger partial charge in [0.25, 0.3) is 11.5 Å². The highest BCUT2D eigenvalue weighted by Crippen LogP contribution is 2.33. The van der Waals surface area contributed by atoms with Gasteiger partial charge in [-0.05, 0) is 64.5 Å². The maximum absolute atomic E-state index is 13.4. The Morgan fingerprint density at radius 1 is 1.02 bits per heavy atom. The second kappa shape index (κ2) is 11.9. The van der Waals surface area contributed by atoms with E-state index in [0.717, 1.165) is 5.56 Å². The van der Waals surface area contributed by atoms with Crippen molar-refractivity contribution in [2.45, 2.75) is 0 Å². The van der Waals surface area contributed by atoms with Crippen LogP contribution in [0.5, 0.6) is 11.5 Å². The van der Waals surface area contributed by atoms with Gasteiger partial charge in [-0.1, -0.05) is 42.5 Å². The molecule has 5 rings (SSSR count). The summed E-state index contributed by atoms with van der Waals surface area (Å²) in [7, 11) is 1.47. The largest absolute Gasteiger partial charge is 0.493 e. The summed E-state index contributed by atoms with van der Waals surface area (Å²) >= 11 is 3.51. The van der Waals surface area contributed by atoms with Gasteiger partial charge in [0.2, 0.25) is 0 Å². The minimum atomic E-state index is -0.424. The lowest BCUT2D eigenvalue weighted by atomic mass is 10.2. The first-order valence-corrected chi connectivity index (χ1v) is 12.9. The zero-order valence-corrected chi connectivity index (χ0v) is 22.8. The van der Waals surface area contributed by atoms with Crippen molar-refractivity contribution >= 4 is 44.6 Å². The van der Waals surface area contributed by atoms with Crippen LogP contribution in [-0.4, -0.2) is 35.5 Å². The number of anilines is 1. The maximum Gasteiger partial charge on any atom is 0.282 e. The monoisotopic (exact) mass is 600 g/mol. The Balaban J connectivity index is 1.42. The van der Waals surface area contributed by atoms with Crippen molar-refractivity contribution in [2.24, 2.45) is 5.10 Å². The molecule has 0 bridgehead atoms. The Hall–Kier alpha value is -4.83. The van der Waals surface area contributed by atoms with Crippen molar-refractivity contribution in [2.75, 3.05) is 19.0 Å². The van der Waals surface area contributed by atoms with E-state index in [1.807, 2.05) is 36.4 Å². The Kier molecular flexibility index (Phi) is 7.97. The van der Waals surface area contributed by atoms with Gasteiger partial charge in [-0.15, -0.1) is 0 Å². The predicted octanol–water partition coefficient (Wildman–Crippen LogP) is 5.87. The third-order valence-corrected chi connectivity index (χ3v) is 6.55. The maximum atomic E-state index is 13.4. The number of nitrogens with zero attached hydrogens (tertiary/aromatic N) is 3. The summed E-state index contributed by atoms with van der Waals surface area (Å²) in [6, 6.07) is 25.2. The number of halogens is 2. The van der Waals surface area contributed by atoms with E-state index < -0.39 is 11.7 Å². The summed E-state index contributed by atoms with van der Waals surface area (Å²) in [6.07, 6.45) is 1.52. The molecular weight excluding hydrogens is 579 g/mol. The molecule has 1 aromatic heterocycles. The summed E-state index contributed by atoms with van der Waals surface area (Å²) in [5.74, 6) is 0.245. The number of methoxy groups -OCH3 is 1. The van der Waals surface area contributed by atoms with Gasteiger partial charge >= 0.3 is 0 Å². The molecule has 0 saturated carbocycles. The highest BCUT2D eigenvalue weighted by Gasteiger charge is 2.14. The minimum absolute atomic E-state index is 0.299. The molecule has 10 heteroatoms. The van der Waals surface area contributed by atoms with Gasteiger partial charge in [0.1, 0.15) is 5.82 Å². The third-order valence-electron chi connectivity index (χ3n) is 5.87. The summed E-state index contributed by atoms with van der Waals surface area (Å²) in [5, 5.41) is 7.57. The van der Waals surface area contributed by atoms with Crippen LogP contribution in [0.3, 0.4) is 0 Å². The minimum Gasteiger partial charge on any atom is -0.493 e. The average molecular weight is 601 g/mol. The zero-order chi connectivity index (χ0) is 28.1. The smallest absolute Gasteiger partial charge is 0.282 e. The topological polar surface area (TPSA) is 94.8 Å². The van der Waals surface area contributed by atoms with Gasteiger partial charge < -0.3 is 14.8 Å². The van der Waals surface area contributed by atoms with Crippen molar-refractivity contribution in [3.8, 4) is 22.9 Å². The number of para-hydroxylation sites is 1. The molecule has 0 spiro atoms. The number of nitrogens with one attached hydrogen (secondary N) is 1. The standard InChI is InChI=1S/C30H22BrFN4O4/c1-39-26-15-20(24(31)16-27(26)40-18-28(37)34-22-13-11-21(32)12-14-22)17-33-36-29(19-7-3-2-4-8-19)35-25-10-6-5-9-23(25)30(36)38/h2-17H,18H2,1H3,(H,34,37). The van der Waals surface area contributed by atoms with Crippen LogP contribution >= 0.6 is 15.9 Å². The lowest BCUT2D eigenvalue weighted by molar-refractivity contribution is -0.118. The SMILES string of the molecule is COc1cc(C=Nn2c(-c3ccccc3)nc3ccccc3c2=O)c(Br)cc1OCC(=O)Nc1ccc(F)cc1. The number of fused-ring (bicyclic) bond motifs is 1. The number of hydrogen-bond donors (Lipinski definition) is 1. The molecular formula is C30H22BrFN4O4. The van der Waals surface area contributed by atoms with E-state index in [4.69, 9.17) is 14.5 Å². The molecule has 5 aromatic rings. The van der Waals surface area contributed by atoms with Crippen molar-refractivity contribution in [1.29, 1.82) is 0 Å². The van der Waals surface area contributed by atoms with E-state index in [-0.39, 0.29) is 12.2 Å². The first-order valence-electron chi connectivity index (χ1n) is 12.1.